The number of pyridine rings is 1. The molecule has 2 fully saturated rings. The second kappa shape index (κ2) is 14.2. The first-order valence-corrected chi connectivity index (χ1v) is 16.8. The predicted octanol–water partition coefficient (Wildman–Crippen LogP) is 5.86. The van der Waals surface area contributed by atoms with Crippen LogP contribution in [0.4, 0.5) is 8.78 Å². The van der Waals surface area contributed by atoms with Gasteiger partial charge in [-0.3, -0.25) is 4.98 Å². The molecule has 9 nitrogen and oxygen atoms in total. The monoisotopic (exact) mass is 688 g/mol. The van der Waals surface area contributed by atoms with Crippen molar-refractivity contribution in [2.45, 2.75) is 48.9 Å². The molecular weight excluding hydrogens is 661 g/mol. The molecule has 1 unspecified atom stereocenters. The van der Waals surface area contributed by atoms with Crippen molar-refractivity contribution in [1.82, 2.24) is 9.29 Å². The number of hydrogen-bond acceptors (Lipinski definition) is 9. The van der Waals surface area contributed by atoms with Gasteiger partial charge in [0, 0.05) is 31.1 Å². The van der Waals surface area contributed by atoms with E-state index in [2.05, 4.69) is 9.72 Å². The van der Waals surface area contributed by atoms with Crippen molar-refractivity contribution in [3.05, 3.63) is 81.6 Å². The molecule has 1 aliphatic carbocycles. The number of esters is 1. The Morgan fingerprint density at radius 1 is 1.11 bits per heavy atom. The highest BCUT2D eigenvalue weighted by Crippen LogP contribution is 2.39. The predicted molar refractivity (Wildman–Crippen MR) is 161 cm³/mol. The first-order chi connectivity index (χ1) is 21.1. The summed E-state index contributed by atoms with van der Waals surface area (Å²) in [5.74, 6) is -0.320. The van der Waals surface area contributed by atoms with E-state index in [0.29, 0.717) is 35.0 Å². The first kappa shape index (κ1) is 32.7. The van der Waals surface area contributed by atoms with E-state index in [0.717, 1.165) is 28.9 Å². The number of aliphatic hydroxyl groups excluding tert-OH is 1. The second-order valence-electron chi connectivity index (χ2n) is 10.2. The highest BCUT2D eigenvalue weighted by Gasteiger charge is 2.42. The molecule has 0 radical (unpaired) electrons. The van der Waals surface area contributed by atoms with Crippen molar-refractivity contribution >= 4 is 51.0 Å². The van der Waals surface area contributed by atoms with Gasteiger partial charge in [0.15, 0.2) is 16.9 Å². The van der Waals surface area contributed by atoms with Gasteiger partial charge < -0.3 is 19.3 Å². The molecule has 1 aromatic heterocycles. The zero-order valence-corrected chi connectivity index (χ0v) is 26.2. The Morgan fingerprint density at radius 3 is 2.55 bits per heavy atom. The highest BCUT2D eigenvalue weighted by atomic mass is 35.5. The van der Waals surface area contributed by atoms with Gasteiger partial charge in [-0.15, -0.1) is 11.8 Å². The Kier molecular flexibility index (Phi) is 10.5. The molecular formula is C29H28Cl2F2N2O7S2. The van der Waals surface area contributed by atoms with E-state index in [1.165, 1.54) is 48.8 Å². The van der Waals surface area contributed by atoms with Crippen LogP contribution >= 0.6 is 35.0 Å². The maximum Gasteiger partial charge on any atom is 0.387 e. The number of aliphatic hydroxyl groups is 1. The van der Waals surface area contributed by atoms with Gasteiger partial charge in [0.1, 0.15) is 6.10 Å². The molecule has 1 saturated heterocycles. The molecule has 236 valence electrons. The fraction of sp³-hybridized carbons (Fsp3) is 0.379. The average Bonchev–Trinajstić information content (AvgIpc) is 3.69. The van der Waals surface area contributed by atoms with Crippen LogP contribution in [-0.4, -0.2) is 59.7 Å². The molecule has 1 saturated carbocycles. The van der Waals surface area contributed by atoms with Gasteiger partial charge >= 0.3 is 12.6 Å². The van der Waals surface area contributed by atoms with Crippen LogP contribution in [0.5, 0.6) is 11.5 Å². The van der Waals surface area contributed by atoms with Gasteiger partial charge in [0.2, 0.25) is 10.0 Å². The number of halogens is 4. The van der Waals surface area contributed by atoms with Gasteiger partial charge in [0.05, 0.1) is 28.2 Å². The smallest absolute Gasteiger partial charge is 0.387 e. The van der Waals surface area contributed by atoms with E-state index in [4.69, 9.17) is 32.7 Å². The number of hydrogen-bond donors (Lipinski definition) is 1. The molecule has 0 bridgehead atoms. The van der Waals surface area contributed by atoms with Gasteiger partial charge in [-0.25, -0.2) is 13.2 Å². The van der Waals surface area contributed by atoms with Crippen LogP contribution in [0, 0.1) is 5.92 Å². The number of carbonyl (C=O) groups excluding carboxylic acids is 1. The normalized spacial score (nSPS) is 17.9. The summed E-state index contributed by atoms with van der Waals surface area (Å²) in [5.41, 5.74) is 1.18. The fourth-order valence-corrected chi connectivity index (χ4v) is 8.23. The minimum absolute atomic E-state index is 0.0360. The lowest BCUT2D eigenvalue weighted by molar-refractivity contribution is -0.150. The zero-order chi connectivity index (χ0) is 31.4. The van der Waals surface area contributed by atoms with Crippen molar-refractivity contribution in [2.24, 2.45) is 5.92 Å². The third kappa shape index (κ3) is 7.75. The van der Waals surface area contributed by atoms with Gasteiger partial charge in [-0.1, -0.05) is 41.4 Å². The summed E-state index contributed by atoms with van der Waals surface area (Å²) in [4.78, 5) is 17.6. The minimum Gasteiger partial charge on any atom is -0.489 e. The number of carbonyl (C=O) groups is 1. The van der Waals surface area contributed by atoms with Crippen molar-refractivity contribution in [1.29, 1.82) is 0 Å². The molecule has 1 aliphatic heterocycles. The molecule has 3 aromatic rings. The average molecular weight is 690 g/mol. The van der Waals surface area contributed by atoms with Crippen molar-refractivity contribution in [2.75, 3.05) is 18.9 Å². The van der Waals surface area contributed by atoms with E-state index >= 15 is 0 Å². The Balaban J connectivity index is 1.46. The molecule has 1 N–H and O–H groups in total. The van der Waals surface area contributed by atoms with E-state index in [9.17, 15) is 27.1 Å². The number of nitrogens with zero attached hydrogens (tertiary/aromatic N) is 2. The summed E-state index contributed by atoms with van der Waals surface area (Å²) in [6.45, 7) is -3.07. The molecule has 2 aliphatic rings. The quantitative estimate of drug-likeness (QED) is 0.221. The number of aromatic nitrogens is 1. The van der Waals surface area contributed by atoms with Crippen molar-refractivity contribution in [3.63, 3.8) is 0 Å². The number of ether oxygens (including phenoxy) is 3. The fourth-order valence-electron chi connectivity index (χ4n) is 4.59. The summed E-state index contributed by atoms with van der Waals surface area (Å²) in [5, 5.41) is 8.69. The van der Waals surface area contributed by atoms with Crippen LogP contribution in [-0.2, 0) is 32.6 Å². The van der Waals surface area contributed by atoms with Crippen LogP contribution in [0.1, 0.15) is 35.6 Å². The lowest BCUT2D eigenvalue weighted by Crippen LogP contribution is -2.40. The minimum atomic E-state index is -4.13. The molecule has 2 aromatic carbocycles. The number of sulfonamides is 1. The largest absolute Gasteiger partial charge is 0.489 e. The lowest BCUT2D eigenvalue weighted by atomic mass is 10.0. The van der Waals surface area contributed by atoms with E-state index < -0.39 is 34.1 Å². The highest BCUT2D eigenvalue weighted by molar-refractivity contribution is 8.02. The number of rotatable bonds is 13. The molecule has 5 rings (SSSR count). The zero-order valence-electron chi connectivity index (χ0n) is 23.1. The Hall–Kier alpha value is -2.68. The SMILES string of the molecule is O=C(OC(Cc1c(Cl)cncc1Cl)c1ccc(OC(F)F)c(OCC2CC2)c1)[C@@H]1SCCN1S(=O)(=O)c1cccc(CO)c1. The maximum absolute atomic E-state index is 13.7. The lowest BCUT2D eigenvalue weighted by Gasteiger charge is -2.26. The Bertz CT molecular complexity index is 1590. The van der Waals surface area contributed by atoms with Gasteiger partial charge in [-0.05, 0) is 59.7 Å². The molecule has 2 heterocycles. The molecule has 0 spiro atoms. The van der Waals surface area contributed by atoms with Gasteiger partial charge in [-0.2, -0.15) is 13.1 Å². The summed E-state index contributed by atoms with van der Waals surface area (Å²) in [6.07, 6.45) is 3.58. The van der Waals surface area contributed by atoms with E-state index in [-0.39, 0.29) is 46.0 Å². The topological polar surface area (TPSA) is 115 Å². The third-order valence-corrected chi connectivity index (χ3v) is 10.9. The Labute approximate surface area is 267 Å². The summed E-state index contributed by atoms with van der Waals surface area (Å²) < 4.78 is 70.9. The summed E-state index contributed by atoms with van der Waals surface area (Å²) >= 11 is 13.9. The maximum atomic E-state index is 13.7. The third-order valence-electron chi connectivity index (χ3n) is 7.07. The molecule has 15 heteroatoms. The number of thioether (sulfide) groups is 1. The van der Waals surface area contributed by atoms with E-state index in [1.54, 1.807) is 6.07 Å². The van der Waals surface area contributed by atoms with E-state index in [1.807, 2.05) is 0 Å². The number of benzene rings is 2. The van der Waals surface area contributed by atoms with Crippen LogP contribution in [0.25, 0.3) is 0 Å². The standard InChI is InChI=1S/C29H28Cl2F2N2O7S2/c30-22-13-34-14-23(31)21(22)12-25(19-6-7-24(42-29(32)33)26(11-19)40-16-17-4-5-17)41-28(37)27-35(8-9-43-27)44(38,39)20-3-1-2-18(10-20)15-36/h1-3,6-7,10-11,13-14,17,25,27,29,36H,4-5,8-9,12,15-16H2/t25?,27-/m0/s1. The first-order valence-electron chi connectivity index (χ1n) is 13.6. The molecule has 44 heavy (non-hydrogen) atoms. The number of alkyl halides is 2. The summed E-state index contributed by atoms with van der Waals surface area (Å²) in [6, 6.07) is 10.1. The summed E-state index contributed by atoms with van der Waals surface area (Å²) in [7, 11) is -4.13. The van der Waals surface area contributed by atoms with Crippen LogP contribution in [0.3, 0.4) is 0 Å². The van der Waals surface area contributed by atoms with Crippen LogP contribution < -0.4 is 9.47 Å². The van der Waals surface area contributed by atoms with Crippen molar-refractivity contribution < 1.29 is 41.3 Å². The van der Waals surface area contributed by atoms with Crippen LogP contribution in [0.2, 0.25) is 10.0 Å². The molecule has 0 amide bonds. The second-order valence-corrected chi connectivity index (χ2v) is 14.1. The van der Waals surface area contributed by atoms with Crippen molar-refractivity contribution in [3.8, 4) is 11.5 Å². The van der Waals surface area contributed by atoms with Gasteiger partial charge in [0.25, 0.3) is 0 Å². The Morgan fingerprint density at radius 2 is 1.86 bits per heavy atom. The van der Waals surface area contributed by atoms with Crippen LogP contribution in [0.15, 0.2) is 59.8 Å². The molecule has 2 atom stereocenters.